The SMILES string of the molecule is Brc1ccc(-c2cn(-c3ccc(Br)cc3)c3ccccc23)cc1. The summed E-state index contributed by atoms with van der Waals surface area (Å²) in [5.41, 5.74) is 4.84. The molecular formula is C20H13Br2N. The van der Waals surface area contributed by atoms with Gasteiger partial charge in [-0.3, -0.25) is 0 Å². The fourth-order valence-electron chi connectivity index (χ4n) is 2.85. The van der Waals surface area contributed by atoms with Gasteiger partial charge in [0, 0.05) is 31.8 Å². The van der Waals surface area contributed by atoms with Crippen LogP contribution in [0.3, 0.4) is 0 Å². The largest absolute Gasteiger partial charge is 0.316 e. The number of fused-ring (bicyclic) bond motifs is 1. The van der Waals surface area contributed by atoms with Crippen molar-refractivity contribution >= 4 is 42.8 Å². The topological polar surface area (TPSA) is 4.93 Å². The van der Waals surface area contributed by atoms with E-state index in [9.17, 15) is 0 Å². The first-order chi connectivity index (χ1) is 11.2. The zero-order valence-electron chi connectivity index (χ0n) is 12.2. The lowest BCUT2D eigenvalue weighted by atomic mass is 10.1. The number of aromatic nitrogens is 1. The van der Waals surface area contributed by atoms with E-state index >= 15 is 0 Å². The first-order valence-corrected chi connectivity index (χ1v) is 8.93. The van der Waals surface area contributed by atoms with Crippen LogP contribution in [0.15, 0.2) is 87.9 Å². The molecule has 1 nitrogen and oxygen atoms in total. The summed E-state index contributed by atoms with van der Waals surface area (Å²) in [6.45, 7) is 0. The lowest BCUT2D eigenvalue weighted by molar-refractivity contribution is 1.13. The number of hydrogen-bond donors (Lipinski definition) is 0. The van der Waals surface area contributed by atoms with Gasteiger partial charge in [0.1, 0.15) is 0 Å². The lowest BCUT2D eigenvalue weighted by Crippen LogP contribution is -1.90. The summed E-state index contributed by atoms with van der Waals surface area (Å²) in [6.07, 6.45) is 2.22. The highest BCUT2D eigenvalue weighted by atomic mass is 79.9. The highest BCUT2D eigenvalue weighted by molar-refractivity contribution is 9.10. The van der Waals surface area contributed by atoms with Gasteiger partial charge >= 0.3 is 0 Å². The average molecular weight is 427 g/mol. The van der Waals surface area contributed by atoms with E-state index in [2.05, 4.69) is 115 Å². The molecule has 0 spiro atoms. The monoisotopic (exact) mass is 425 g/mol. The normalized spacial score (nSPS) is 11.0. The van der Waals surface area contributed by atoms with Gasteiger partial charge < -0.3 is 4.57 Å². The summed E-state index contributed by atoms with van der Waals surface area (Å²) >= 11 is 7.01. The van der Waals surface area contributed by atoms with Crippen LogP contribution in [-0.4, -0.2) is 4.57 Å². The Kier molecular flexibility index (Phi) is 3.83. The van der Waals surface area contributed by atoms with Crippen molar-refractivity contribution in [2.75, 3.05) is 0 Å². The van der Waals surface area contributed by atoms with Gasteiger partial charge in [-0.25, -0.2) is 0 Å². The van der Waals surface area contributed by atoms with E-state index < -0.39 is 0 Å². The van der Waals surface area contributed by atoms with Crippen LogP contribution in [0.4, 0.5) is 0 Å². The molecule has 1 heterocycles. The van der Waals surface area contributed by atoms with Crippen molar-refractivity contribution in [2.24, 2.45) is 0 Å². The van der Waals surface area contributed by atoms with Crippen molar-refractivity contribution in [1.82, 2.24) is 4.57 Å². The van der Waals surface area contributed by atoms with Crippen molar-refractivity contribution in [3.8, 4) is 16.8 Å². The molecule has 3 heteroatoms. The second-order valence-electron chi connectivity index (χ2n) is 5.41. The van der Waals surface area contributed by atoms with Crippen LogP contribution < -0.4 is 0 Å². The van der Waals surface area contributed by atoms with Gasteiger partial charge in [-0.15, -0.1) is 0 Å². The maximum atomic E-state index is 3.51. The molecule has 0 unspecified atom stereocenters. The maximum Gasteiger partial charge on any atom is 0.0534 e. The van der Waals surface area contributed by atoms with E-state index in [1.807, 2.05) is 0 Å². The molecule has 23 heavy (non-hydrogen) atoms. The van der Waals surface area contributed by atoms with Crippen LogP contribution in [0.5, 0.6) is 0 Å². The number of rotatable bonds is 2. The smallest absolute Gasteiger partial charge is 0.0534 e. The van der Waals surface area contributed by atoms with Crippen molar-refractivity contribution in [1.29, 1.82) is 0 Å². The maximum absolute atomic E-state index is 3.51. The van der Waals surface area contributed by atoms with Crippen LogP contribution in [0.25, 0.3) is 27.7 Å². The summed E-state index contributed by atoms with van der Waals surface area (Å²) in [5.74, 6) is 0. The van der Waals surface area contributed by atoms with Crippen LogP contribution in [0, 0.1) is 0 Å². The molecule has 0 N–H and O–H groups in total. The first-order valence-electron chi connectivity index (χ1n) is 7.34. The van der Waals surface area contributed by atoms with Gasteiger partial charge in [0.15, 0.2) is 0 Å². The molecule has 4 rings (SSSR count). The fraction of sp³-hybridized carbons (Fsp3) is 0. The Balaban J connectivity index is 1.96. The second-order valence-corrected chi connectivity index (χ2v) is 7.24. The zero-order chi connectivity index (χ0) is 15.8. The molecule has 0 fully saturated rings. The molecule has 112 valence electrons. The molecule has 0 saturated carbocycles. The highest BCUT2D eigenvalue weighted by Gasteiger charge is 2.11. The van der Waals surface area contributed by atoms with Crippen LogP contribution >= 0.6 is 31.9 Å². The summed E-state index contributed by atoms with van der Waals surface area (Å²) in [7, 11) is 0. The summed E-state index contributed by atoms with van der Waals surface area (Å²) in [5, 5.41) is 1.26. The molecule has 0 amide bonds. The number of hydrogen-bond acceptors (Lipinski definition) is 0. The molecule has 4 aromatic rings. The molecule has 0 aliphatic carbocycles. The molecule has 0 bridgehead atoms. The molecule has 0 radical (unpaired) electrons. The van der Waals surface area contributed by atoms with Gasteiger partial charge in [0.2, 0.25) is 0 Å². The van der Waals surface area contributed by atoms with E-state index in [1.54, 1.807) is 0 Å². The fourth-order valence-corrected chi connectivity index (χ4v) is 3.38. The Morgan fingerprint density at radius 2 is 1.26 bits per heavy atom. The van der Waals surface area contributed by atoms with Crippen molar-refractivity contribution in [3.05, 3.63) is 87.9 Å². The second kappa shape index (κ2) is 5.99. The van der Waals surface area contributed by atoms with E-state index in [1.165, 1.54) is 22.0 Å². The van der Waals surface area contributed by atoms with Crippen LogP contribution in [0.2, 0.25) is 0 Å². The van der Waals surface area contributed by atoms with E-state index in [0.717, 1.165) is 14.6 Å². The Morgan fingerprint density at radius 3 is 1.96 bits per heavy atom. The van der Waals surface area contributed by atoms with Gasteiger partial charge in [-0.05, 0) is 48.0 Å². The summed E-state index contributed by atoms with van der Waals surface area (Å²) in [6, 6.07) is 25.4. The van der Waals surface area contributed by atoms with Gasteiger partial charge in [-0.1, -0.05) is 62.2 Å². The number of benzene rings is 3. The van der Waals surface area contributed by atoms with Crippen molar-refractivity contribution in [3.63, 3.8) is 0 Å². The van der Waals surface area contributed by atoms with E-state index in [4.69, 9.17) is 0 Å². The highest BCUT2D eigenvalue weighted by Crippen LogP contribution is 2.33. The number of nitrogens with zero attached hydrogens (tertiary/aromatic N) is 1. The minimum absolute atomic E-state index is 1.09. The standard InChI is InChI=1S/C20H13Br2N/c21-15-7-5-14(6-8-15)19-13-23(17-11-9-16(22)10-12-17)20-4-2-1-3-18(19)20/h1-13H. The first kappa shape index (κ1) is 14.7. The van der Waals surface area contributed by atoms with Gasteiger partial charge in [0.25, 0.3) is 0 Å². The molecule has 0 atom stereocenters. The third-order valence-electron chi connectivity index (χ3n) is 3.97. The van der Waals surface area contributed by atoms with Gasteiger partial charge in [0.05, 0.1) is 5.52 Å². The van der Waals surface area contributed by atoms with Crippen molar-refractivity contribution < 1.29 is 0 Å². The van der Waals surface area contributed by atoms with E-state index in [0.29, 0.717) is 0 Å². The molecule has 0 aliphatic rings. The Morgan fingerprint density at radius 1 is 0.652 bits per heavy atom. The third-order valence-corrected chi connectivity index (χ3v) is 5.03. The number of para-hydroxylation sites is 1. The molecule has 0 aliphatic heterocycles. The predicted octanol–water partition coefficient (Wildman–Crippen LogP) is 6.82. The quantitative estimate of drug-likeness (QED) is 0.331. The molecule has 3 aromatic carbocycles. The summed E-state index contributed by atoms with van der Waals surface area (Å²) < 4.78 is 4.43. The minimum Gasteiger partial charge on any atom is -0.316 e. The van der Waals surface area contributed by atoms with E-state index in [-0.39, 0.29) is 0 Å². The molecule has 0 saturated heterocycles. The summed E-state index contributed by atoms with van der Waals surface area (Å²) in [4.78, 5) is 0. The lowest BCUT2D eigenvalue weighted by Gasteiger charge is -2.05. The minimum atomic E-state index is 1.09. The third kappa shape index (κ3) is 2.75. The average Bonchev–Trinajstić information content (AvgIpc) is 2.96. The van der Waals surface area contributed by atoms with Crippen molar-refractivity contribution in [2.45, 2.75) is 0 Å². The Bertz CT molecular complexity index is 887. The Hall–Kier alpha value is -1.84. The molecule has 1 aromatic heterocycles. The molecular weight excluding hydrogens is 414 g/mol. The van der Waals surface area contributed by atoms with Crippen LogP contribution in [0.1, 0.15) is 0 Å². The Labute approximate surface area is 151 Å². The van der Waals surface area contributed by atoms with Crippen LogP contribution in [-0.2, 0) is 0 Å². The number of halogens is 2. The predicted molar refractivity (Wildman–Crippen MR) is 104 cm³/mol. The van der Waals surface area contributed by atoms with Gasteiger partial charge in [-0.2, -0.15) is 0 Å². The zero-order valence-corrected chi connectivity index (χ0v) is 15.4.